The molecule has 0 spiro atoms. The highest BCUT2D eigenvalue weighted by Gasteiger charge is 2.28. The molecule has 3 amide bonds. The first kappa shape index (κ1) is 22.1. The van der Waals surface area contributed by atoms with Gasteiger partial charge in [-0.05, 0) is 13.8 Å². The smallest absolute Gasteiger partial charge is 0.328 e. The van der Waals surface area contributed by atoms with E-state index in [2.05, 4.69) is 25.9 Å². The molecule has 0 saturated heterocycles. The van der Waals surface area contributed by atoms with Gasteiger partial charge in [-0.3, -0.25) is 14.4 Å². The third-order valence-corrected chi connectivity index (χ3v) is 3.57. The number of amides is 3. The summed E-state index contributed by atoms with van der Waals surface area (Å²) < 4.78 is 0. The van der Waals surface area contributed by atoms with E-state index in [4.69, 9.17) is 15.9 Å². The predicted molar refractivity (Wildman–Crippen MR) is 92.1 cm³/mol. The molecule has 0 saturated carbocycles. The van der Waals surface area contributed by atoms with Crippen LogP contribution in [0.25, 0.3) is 0 Å². The van der Waals surface area contributed by atoms with Crippen LogP contribution in [-0.4, -0.2) is 74.6 Å². The molecular formula is C15H24N6O6. The second kappa shape index (κ2) is 10.2. The van der Waals surface area contributed by atoms with Crippen molar-refractivity contribution in [3.05, 3.63) is 18.2 Å². The van der Waals surface area contributed by atoms with E-state index < -0.39 is 54.5 Å². The number of nitrogens with zero attached hydrogens (tertiary/aromatic N) is 1. The van der Waals surface area contributed by atoms with E-state index in [9.17, 15) is 19.2 Å². The summed E-state index contributed by atoms with van der Waals surface area (Å²) in [5, 5.41) is 25.0. The van der Waals surface area contributed by atoms with E-state index in [0.717, 1.165) is 0 Å². The topological polar surface area (TPSA) is 200 Å². The Hall–Kier alpha value is -2.99. The lowest BCUT2D eigenvalue weighted by Crippen LogP contribution is -2.57. The fourth-order valence-corrected chi connectivity index (χ4v) is 1.99. The van der Waals surface area contributed by atoms with Crippen LogP contribution < -0.4 is 21.7 Å². The molecule has 150 valence electrons. The SMILES string of the molecule is CC(N)C(=O)NC(C)C(=O)NC(Cc1cnc[nH]1)C(=O)NC(CO)C(=O)O. The van der Waals surface area contributed by atoms with Crippen molar-refractivity contribution in [2.24, 2.45) is 5.73 Å². The molecule has 4 unspecified atom stereocenters. The molecule has 0 radical (unpaired) electrons. The summed E-state index contributed by atoms with van der Waals surface area (Å²) in [7, 11) is 0. The fourth-order valence-electron chi connectivity index (χ4n) is 1.99. The second-order valence-electron chi connectivity index (χ2n) is 5.94. The Bertz CT molecular complexity index is 662. The Morgan fingerprint density at radius 2 is 1.74 bits per heavy atom. The first-order valence-corrected chi connectivity index (χ1v) is 8.13. The lowest BCUT2D eigenvalue weighted by Gasteiger charge is -2.22. The van der Waals surface area contributed by atoms with Crippen molar-refractivity contribution in [2.75, 3.05) is 6.61 Å². The molecule has 0 aliphatic heterocycles. The number of aromatic nitrogens is 2. The van der Waals surface area contributed by atoms with Gasteiger partial charge in [0.15, 0.2) is 0 Å². The number of H-pyrrole nitrogens is 1. The van der Waals surface area contributed by atoms with Crippen LogP contribution in [0, 0.1) is 0 Å². The number of aliphatic hydroxyl groups excluding tert-OH is 1. The summed E-state index contributed by atoms with van der Waals surface area (Å²) in [5.41, 5.74) is 5.94. The molecule has 12 heteroatoms. The fraction of sp³-hybridized carbons (Fsp3) is 0.533. The average molecular weight is 384 g/mol. The highest BCUT2D eigenvalue weighted by molar-refractivity contribution is 5.93. The summed E-state index contributed by atoms with van der Waals surface area (Å²) in [6.07, 6.45) is 2.81. The quantitative estimate of drug-likeness (QED) is 0.219. The first-order valence-electron chi connectivity index (χ1n) is 8.13. The van der Waals surface area contributed by atoms with Crippen molar-refractivity contribution in [3.63, 3.8) is 0 Å². The molecule has 4 atom stereocenters. The van der Waals surface area contributed by atoms with Gasteiger partial charge in [0.2, 0.25) is 17.7 Å². The lowest BCUT2D eigenvalue weighted by molar-refractivity contribution is -0.143. The number of imidazole rings is 1. The lowest BCUT2D eigenvalue weighted by atomic mass is 10.1. The number of aromatic amines is 1. The van der Waals surface area contributed by atoms with Crippen LogP contribution >= 0.6 is 0 Å². The zero-order valence-electron chi connectivity index (χ0n) is 14.9. The van der Waals surface area contributed by atoms with Gasteiger partial charge in [0.25, 0.3) is 0 Å². The van der Waals surface area contributed by atoms with Gasteiger partial charge in [-0.25, -0.2) is 9.78 Å². The molecule has 0 fully saturated rings. The molecule has 8 N–H and O–H groups in total. The third-order valence-electron chi connectivity index (χ3n) is 3.57. The van der Waals surface area contributed by atoms with E-state index >= 15 is 0 Å². The molecule has 0 bridgehead atoms. The van der Waals surface area contributed by atoms with Gasteiger partial charge in [0.05, 0.1) is 19.0 Å². The summed E-state index contributed by atoms with van der Waals surface area (Å²) in [6.45, 7) is 2.05. The van der Waals surface area contributed by atoms with E-state index in [1.165, 1.54) is 26.4 Å². The third kappa shape index (κ3) is 7.03. The number of carboxylic acid groups (broad SMARTS) is 1. The van der Waals surface area contributed by atoms with Crippen LogP contribution in [0.5, 0.6) is 0 Å². The summed E-state index contributed by atoms with van der Waals surface area (Å²) in [4.78, 5) is 53.8. The standard InChI is InChI=1S/C15H24N6O6/c1-7(16)12(23)19-8(2)13(24)20-10(3-9-4-17-6-18-9)14(25)21-11(5-22)15(26)27/h4,6-8,10-11,22H,3,5,16H2,1-2H3,(H,17,18)(H,19,23)(H,20,24)(H,21,25)(H,26,27). The summed E-state index contributed by atoms with van der Waals surface area (Å²) in [6, 6.07) is -4.48. The predicted octanol–water partition coefficient (Wildman–Crippen LogP) is -3.15. The van der Waals surface area contributed by atoms with Gasteiger partial charge < -0.3 is 36.9 Å². The van der Waals surface area contributed by atoms with Crippen molar-refractivity contribution in [1.29, 1.82) is 0 Å². The molecular weight excluding hydrogens is 360 g/mol. The van der Waals surface area contributed by atoms with Crippen molar-refractivity contribution in [1.82, 2.24) is 25.9 Å². The van der Waals surface area contributed by atoms with Gasteiger partial charge in [0.1, 0.15) is 18.1 Å². The molecule has 1 aromatic heterocycles. The van der Waals surface area contributed by atoms with Crippen molar-refractivity contribution >= 4 is 23.7 Å². The Labute approximate surface area is 154 Å². The number of carboxylic acids is 1. The Morgan fingerprint density at radius 3 is 2.22 bits per heavy atom. The van der Waals surface area contributed by atoms with E-state index in [0.29, 0.717) is 5.69 Å². The normalized spacial score (nSPS) is 15.1. The molecule has 0 aliphatic carbocycles. The van der Waals surface area contributed by atoms with Crippen molar-refractivity contribution < 1.29 is 29.4 Å². The first-order chi connectivity index (χ1) is 12.6. The minimum Gasteiger partial charge on any atom is -0.480 e. The number of hydrogen-bond acceptors (Lipinski definition) is 7. The highest BCUT2D eigenvalue weighted by Crippen LogP contribution is 2.01. The zero-order chi connectivity index (χ0) is 20.6. The zero-order valence-corrected chi connectivity index (χ0v) is 14.9. The molecule has 1 aromatic rings. The maximum absolute atomic E-state index is 12.4. The highest BCUT2D eigenvalue weighted by atomic mass is 16.4. The van der Waals surface area contributed by atoms with Crippen molar-refractivity contribution in [2.45, 2.75) is 44.4 Å². The average Bonchev–Trinajstić information content (AvgIpc) is 3.11. The number of aliphatic hydroxyl groups is 1. The van der Waals surface area contributed by atoms with Crippen LogP contribution in [-0.2, 0) is 25.6 Å². The molecule has 0 aliphatic rings. The van der Waals surface area contributed by atoms with Gasteiger partial charge in [-0.15, -0.1) is 0 Å². The molecule has 0 aromatic carbocycles. The summed E-state index contributed by atoms with van der Waals surface area (Å²) in [5.74, 6) is -3.45. The minimum absolute atomic E-state index is 0.0106. The largest absolute Gasteiger partial charge is 0.480 e. The number of carbonyl (C=O) groups excluding carboxylic acids is 3. The number of nitrogens with two attached hydrogens (primary N) is 1. The molecule has 12 nitrogen and oxygen atoms in total. The number of nitrogens with one attached hydrogen (secondary N) is 4. The minimum atomic E-state index is -1.52. The van der Waals surface area contributed by atoms with Crippen LogP contribution in [0.1, 0.15) is 19.5 Å². The molecule has 1 rings (SSSR count). The van der Waals surface area contributed by atoms with E-state index in [1.807, 2.05) is 0 Å². The van der Waals surface area contributed by atoms with Gasteiger partial charge in [-0.2, -0.15) is 0 Å². The van der Waals surface area contributed by atoms with Gasteiger partial charge in [-0.1, -0.05) is 0 Å². The van der Waals surface area contributed by atoms with Crippen molar-refractivity contribution in [3.8, 4) is 0 Å². The maximum Gasteiger partial charge on any atom is 0.328 e. The Balaban J connectivity index is 2.84. The molecule has 1 heterocycles. The van der Waals surface area contributed by atoms with Crippen LogP contribution in [0.2, 0.25) is 0 Å². The number of aliphatic carboxylic acids is 1. The summed E-state index contributed by atoms with van der Waals surface area (Å²) >= 11 is 0. The monoisotopic (exact) mass is 384 g/mol. The van der Waals surface area contributed by atoms with Crippen LogP contribution in [0.4, 0.5) is 0 Å². The molecule has 27 heavy (non-hydrogen) atoms. The second-order valence-corrected chi connectivity index (χ2v) is 5.94. The maximum atomic E-state index is 12.4. The van der Waals surface area contributed by atoms with Crippen LogP contribution in [0.15, 0.2) is 12.5 Å². The van der Waals surface area contributed by atoms with E-state index in [-0.39, 0.29) is 6.42 Å². The van der Waals surface area contributed by atoms with E-state index in [1.54, 1.807) is 0 Å². The number of rotatable bonds is 10. The van der Waals surface area contributed by atoms with Gasteiger partial charge >= 0.3 is 5.97 Å². The Kier molecular flexibility index (Phi) is 8.35. The van der Waals surface area contributed by atoms with Crippen LogP contribution in [0.3, 0.4) is 0 Å². The number of carbonyl (C=O) groups is 4. The van der Waals surface area contributed by atoms with Gasteiger partial charge in [0, 0.05) is 18.3 Å². The Morgan fingerprint density at radius 1 is 1.11 bits per heavy atom. The number of hydrogen-bond donors (Lipinski definition) is 7.